The number of hydrogen-bond acceptors (Lipinski definition) is 11. The zero-order valence-electron chi connectivity index (χ0n) is 36.2. The number of hydrogen-bond donors (Lipinski definition) is 1. The number of aromatic nitrogens is 6. The second-order valence-electron chi connectivity index (χ2n) is 15.5. The van der Waals surface area contributed by atoms with Crippen molar-refractivity contribution in [3.8, 4) is 22.9 Å². The third-order valence-electron chi connectivity index (χ3n) is 11.2. The smallest absolute Gasteiger partial charge is 0.222 e. The summed E-state index contributed by atoms with van der Waals surface area (Å²) < 4.78 is 15.4. The predicted octanol–water partition coefficient (Wildman–Crippen LogP) is 9.65. The molecular weight excluding hydrogens is 815 g/mol. The molecule has 2 aliphatic heterocycles. The van der Waals surface area contributed by atoms with Crippen LogP contribution in [0.4, 0.5) is 0 Å². The molecule has 2 aromatic heterocycles. The van der Waals surface area contributed by atoms with Crippen molar-refractivity contribution in [3.63, 3.8) is 0 Å². The Kier molecular flexibility index (Phi) is 13.5. The maximum absolute atomic E-state index is 12.8. The van der Waals surface area contributed by atoms with Crippen LogP contribution in [0.2, 0.25) is 0 Å². The molecule has 1 N–H and O–H groups in total. The van der Waals surface area contributed by atoms with Gasteiger partial charge in [0, 0.05) is 38.6 Å². The molecule has 0 spiro atoms. The summed E-state index contributed by atoms with van der Waals surface area (Å²) in [5.74, 6) is 6.70. The van der Waals surface area contributed by atoms with Gasteiger partial charge in [0.2, 0.25) is 5.91 Å². The summed E-state index contributed by atoms with van der Waals surface area (Å²) in [7, 11) is 3.36. The lowest BCUT2D eigenvalue weighted by Crippen LogP contribution is -2.25. The minimum atomic E-state index is -0.493. The molecule has 0 radical (unpaired) electrons. The summed E-state index contributed by atoms with van der Waals surface area (Å²) in [6, 6.07) is 28.9. The Morgan fingerprint density at radius 1 is 0.645 bits per heavy atom. The van der Waals surface area contributed by atoms with Gasteiger partial charge in [0.15, 0.2) is 11.6 Å². The van der Waals surface area contributed by atoms with Gasteiger partial charge in [0.25, 0.3) is 0 Å². The van der Waals surface area contributed by atoms with Gasteiger partial charge in [-0.05, 0) is 113 Å². The average Bonchev–Trinajstić information content (AvgIpc) is 3.80. The lowest BCUT2D eigenvalue weighted by molar-refractivity contribution is -0.121. The summed E-state index contributed by atoms with van der Waals surface area (Å²) in [5, 5.41) is 20.6. The molecular formula is C48H53N9O3S2. The molecule has 0 bridgehead atoms. The number of benzene rings is 4. The highest BCUT2D eigenvalue weighted by atomic mass is 32.2. The Bertz CT molecular complexity index is 2600. The van der Waals surface area contributed by atoms with Crippen LogP contribution in [-0.4, -0.2) is 79.1 Å². The molecule has 0 fully saturated rings. The molecule has 0 saturated carbocycles. The van der Waals surface area contributed by atoms with Crippen LogP contribution in [0.5, 0.6) is 11.5 Å². The van der Waals surface area contributed by atoms with E-state index < -0.39 is 6.04 Å². The topological polar surface area (TPSA) is 134 Å². The summed E-state index contributed by atoms with van der Waals surface area (Å²) in [5.41, 5.74) is 7.65. The maximum Gasteiger partial charge on any atom is 0.222 e. The molecule has 0 unspecified atom stereocenters. The molecule has 0 aliphatic carbocycles. The fraction of sp³-hybridized carbons (Fsp3) is 0.354. The van der Waals surface area contributed by atoms with Crippen molar-refractivity contribution in [3.05, 3.63) is 130 Å². The van der Waals surface area contributed by atoms with Gasteiger partial charge < -0.3 is 14.8 Å². The Balaban J connectivity index is 0.817. The van der Waals surface area contributed by atoms with Crippen molar-refractivity contribution in [1.29, 1.82) is 0 Å². The molecule has 14 heteroatoms. The van der Waals surface area contributed by atoms with Crippen LogP contribution in [0, 0.1) is 13.8 Å². The standard InChI is InChI=1S/C48H53N9O3S2/c1-7-49-44(58)29-41-48-55-53-32(4)57(48)43-24-18-36(60-6)28-40(43)46(51-41)34-15-21-38(22-16-34)62-26-12-10-8-9-11-25-61-37-19-13-33(14-20-37)45-39-27-35(59-5)17-23-42(39)56-31(3)52-54-47(56)30(2)50-45/h13-24,27-28,30,41H,7-12,25-26,29H2,1-6H3,(H,49,58)/t30-,41-/m0/s1. The number of nitrogens with one attached hydrogen (secondary N) is 1. The third-order valence-corrected chi connectivity index (χ3v) is 13.4. The highest BCUT2D eigenvalue weighted by Gasteiger charge is 2.30. The fourth-order valence-corrected chi connectivity index (χ4v) is 9.90. The monoisotopic (exact) mass is 867 g/mol. The molecule has 8 rings (SSSR count). The first-order valence-electron chi connectivity index (χ1n) is 21.4. The van der Waals surface area contributed by atoms with E-state index >= 15 is 0 Å². The summed E-state index contributed by atoms with van der Waals surface area (Å²) in [6.45, 7) is 8.45. The lowest BCUT2D eigenvalue weighted by Gasteiger charge is -2.14. The van der Waals surface area contributed by atoms with E-state index in [1.54, 1.807) is 14.2 Å². The van der Waals surface area contributed by atoms with Gasteiger partial charge in [-0.3, -0.25) is 23.9 Å². The van der Waals surface area contributed by atoms with Crippen molar-refractivity contribution in [2.45, 2.75) is 88.1 Å². The number of thioether (sulfide) groups is 2. The Morgan fingerprint density at radius 2 is 1.13 bits per heavy atom. The number of rotatable bonds is 17. The second kappa shape index (κ2) is 19.5. The van der Waals surface area contributed by atoms with E-state index in [0.29, 0.717) is 12.4 Å². The van der Waals surface area contributed by atoms with Gasteiger partial charge in [-0.25, -0.2) is 0 Å². The zero-order chi connectivity index (χ0) is 43.2. The maximum atomic E-state index is 12.8. The van der Waals surface area contributed by atoms with Gasteiger partial charge in [-0.2, -0.15) is 0 Å². The summed E-state index contributed by atoms with van der Waals surface area (Å²) >= 11 is 3.81. The fourth-order valence-electron chi connectivity index (χ4n) is 8.07. The van der Waals surface area contributed by atoms with Crippen LogP contribution < -0.4 is 14.8 Å². The molecule has 4 heterocycles. The number of methoxy groups -OCH3 is 2. The van der Waals surface area contributed by atoms with Gasteiger partial charge >= 0.3 is 0 Å². The highest BCUT2D eigenvalue weighted by molar-refractivity contribution is 7.99. The quantitative estimate of drug-likeness (QED) is 0.0703. The molecule has 12 nitrogen and oxygen atoms in total. The number of carbonyl (C=O) groups is 1. The van der Waals surface area contributed by atoms with Crippen molar-refractivity contribution in [1.82, 2.24) is 34.8 Å². The van der Waals surface area contributed by atoms with E-state index in [9.17, 15) is 4.79 Å². The van der Waals surface area contributed by atoms with Crippen LogP contribution in [0.25, 0.3) is 11.4 Å². The third kappa shape index (κ3) is 9.22. The van der Waals surface area contributed by atoms with Crippen LogP contribution in [0.1, 0.15) is 110 Å². The average molecular weight is 868 g/mol. The van der Waals surface area contributed by atoms with Crippen LogP contribution in [0.15, 0.2) is 105 Å². The molecule has 2 atom stereocenters. The minimum Gasteiger partial charge on any atom is -0.497 e. The predicted molar refractivity (Wildman–Crippen MR) is 248 cm³/mol. The number of nitrogens with zero attached hydrogens (tertiary/aromatic N) is 8. The van der Waals surface area contributed by atoms with E-state index in [2.05, 4.69) is 97.9 Å². The largest absolute Gasteiger partial charge is 0.497 e. The van der Waals surface area contributed by atoms with Gasteiger partial charge in [0.1, 0.15) is 35.2 Å². The van der Waals surface area contributed by atoms with E-state index in [4.69, 9.17) is 19.5 Å². The number of fused-ring (bicyclic) bond motifs is 6. The van der Waals surface area contributed by atoms with Gasteiger partial charge in [-0.15, -0.1) is 43.9 Å². The number of aryl methyl sites for hydroxylation is 2. The van der Waals surface area contributed by atoms with Crippen molar-refractivity contribution in [2.24, 2.45) is 9.98 Å². The van der Waals surface area contributed by atoms with Gasteiger partial charge in [-0.1, -0.05) is 43.5 Å². The molecule has 2 aliphatic rings. The molecule has 4 aromatic carbocycles. The van der Waals surface area contributed by atoms with Gasteiger partial charge in [0.05, 0.1) is 43.4 Å². The number of ether oxygens (including phenoxy) is 2. The highest BCUT2D eigenvalue weighted by Crippen LogP contribution is 2.36. The molecule has 0 saturated heterocycles. The number of carbonyl (C=O) groups excluding carboxylic acids is 1. The van der Waals surface area contributed by atoms with Crippen LogP contribution in [-0.2, 0) is 4.79 Å². The number of unbranched alkanes of at least 4 members (excludes halogenated alkanes) is 4. The molecule has 62 heavy (non-hydrogen) atoms. The van der Waals surface area contributed by atoms with Crippen LogP contribution >= 0.6 is 23.5 Å². The Hall–Kier alpha value is -5.73. The van der Waals surface area contributed by atoms with E-state index in [-0.39, 0.29) is 18.4 Å². The number of aliphatic imine (C=N–C) groups is 2. The van der Waals surface area contributed by atoms with E-state index in [1.807, 2.05) is 73.1 Å². The first-order valence-corrected chi connectivity index (χ1v) is 23.3. The normalized spacial score (nSPS) is 15.3. The Morgan fingerprint density at radius 3 is 1.65 bits per heavy atom. The summed E-state index contributed by atoms with van der Waals surface area (Å²) in [6.07, 6.45) is 6.23. The first kappa shape index (κ1) is 42.9. The van der Waals surface area contributed by atoms with Crippen LogP contribution in [0.3, 0.4) is 0 Å². The minimum absolute atomic E-state index is 0.0714. The van der Waals surface area contributed by atoms with Crippen molar-refractivity contribution < 1.29 is 14.3 Å². The Labute approximate surface area is 372 Å². The first-order chi connectivity index (χ1) is 30.3. The summed E-state index contributed by atoms with van der Waals surface area (Å²) in [4.78, 5) is 25.7. The van der Waals surface area contributed by atoms with E-state index in [0.717, 1.165) is 85.5 Å². The number of amides is 1. The van der Waals surface area contributed by atoms with Crippen molar-refractivity contribution >= 4 is 40.9 Å². The van der Waals surface area contributed by atoms with E-state index in [1.165, 1.54) is 41.9 Å². The second-order valence-corrected chi connectivity index (χ2v) is 17.8. The lowest BCUT2D eigenvalue weighted by atomic mass is 10.00. The molecule has 1 amide bonds. The SMILES string of the molecule is CCNC(=O)C[C@@H]1N=C(c2ccc(SCCCCCCCSc3ccc(C4=N[C@@H](C)c5nnc(C)n5-c5ccc(OC)cc54)cc3)cc2)c2cc(OC)ccc2-n2c(C)nnc21. The van der Waals surface area contributed by atoms with Crippen molar-refractivity contribution in [2.75, 3.05) is 32.3 Å². The molecule has 6 aromatic rings. The zero-order valence-corrected chi connectivity index (χ0v) is 37.9. The molecule has 320 valence electrons.